The molecule has 0 saturated carbocycles. The average Bonchev–Trinajstić information content (AvgIpc) is 2.36. The summed E-state index contributed by atoms with van der Waals surface area (Å²) in [5.41, 5.74) is 0.647. The number of ether oxygens (including phenoxy) is 3. The fourth-order valence-corrected chi connectivity index (χ4v) is 1.34. The van der Waals surface area contributed by atoms with Gasteiger partial charge in [-0.1, -0.05) is 0 Å². The molecule has 0 unspecified atom stereocenters. The van der Waals surface area contributed by atoms with Gasteiger partial charge in [-0.15, -0.1) is 0 Å². The Hall–Kier alpha value is -2.44. The van der Waals surface area contributed by atoms with E-state index in [-0.39, 0.29) is 5.75 Å². The zero-order valence-corrected chi connectivity index (χ0v) is 10.0. The van der Waals surface area contributed by atoms with Crippen molar-refractivity contribution < 1.29 is 24.1 Å². The molecule has 1 aromatic rings. The summed E-state index contributed by atoms with van der Waals surface area (Å²) in [5, 5.41) is 12.0. The van der Waals surface area contributed by atoms with E-state index in [0.29, 0.717) is 17.1 Å². The third-order valence-electron chi connectivity index (χ3n) is 2.05. The van der Waals surface area contributed by atoms with Gasteiger partial charge in [-0.25, -0.2) is 4.79 Å². The van der Waals surface area contributed by atoms with Crippen molar-refractivity contribution >= 4 is 12.2 Å². The summed E-state index contributed by atoms with van der Waals surface area (Å²) in [6, 6.07) is 3.21. The van der Waals surface area contributed by atoms with Gasteiger partial charge in [-0.3, -0.25) is 0 Å². The van der Waals surface area contributed by atoms with Gasteiger partial charge in [-0.2, -0.15) is 5.10 Å². The van der Waals surface area contributed by atoms with Gasteiger partial charge >= 0.3 is 5.97 Å². The van der Waals surface area contributed by atoms with Gasteiger partial charge in [0, 0.05) is 5.56 Å². The van der Waals surface area contributed by atoms with Crippen LogP contribution in [0.25, 0.3) is 0 Å². The number of rotatable bonds is 6. The van der Waals surface area contributed by atoms with Gasteiger partial charge in [-0.05, 0) is 12.1 Å². The molecule has 98 valence electrons. The number of methoxy groups -OCH3 is 2. The molecule has 0 atom stereocenters. The molecular formula is C11H14N2O5. The highest BCUT2D eigenvalue weighted by Gasteiger charge is 2.14. The van der Waals surface area contributed by atoms with E-state index in [1.165, 1.54) is 20.4 Å². The molecule has 0 heterocycles. The van der Waals surface area contributed by atoms with Crippen LogP contribution in [-0.2, 0) is 4.79 Å². The second kappa shape index (κ2) is 6.33. The van der Waals surface area contributed by atoms with Crippen molar-refractivity contribution in [3.8, 4) is 17.2 Å². The molecule has 7 nitrogen and oxygen atoms in total. The summed E-state index contributed by atoms with van der Waals surface area (Å²) >= 11 is 0. The Morgan fingerprint density at radius 1 is 1.39 bits per heavy atom. The Kier molecular flexibility index (Phi) is 4.79. The van der Waals surface area contributed by atoms with E-state index in [9.17, 15) is 4.79 Å². The number of carboxylic acid groups (broad SMARTS) is 1. The van der Waals surface area contributed by atoms with Crippen LogP contribution in [-0.4, -0.2) is 38.1 Å². The van der Waals surface area contributed by atoms with E-state index >= 15 is 0 Å². The smallest absolute Gasteiger partial charge is 0.341 e. The number of carbonyl (C=O) groups is 1. The van der Waals surface area contributed by atoms with Crippen molar-refractivity contribution in [3.05, 3.63) is 17.7 Å². The van der Waals surface area contributed by atoms with Crippen LogP contribution in [0.5, 0.6) is 17.2 Å². The van der Waals surface area contributed by atoms with Crippen molar-refractivity contribution in [2.24, 2.45) is 10.9 Å². The summed E-state index contributed by atoms with van der Waals surface area (Å²) in [4.78, 5) is 10.5. The van der Waals surface area contributed by atoms with Crippen LogP contribution in [0.4, 0.5) is 0 Å². The standard InChI is InChI=1S/C11H14N2O5/c1-16-8-3-7(5-13-12)4-9(17-2)11(8)18-6-10(14)15/h3-5H,6,12H2,1-2H3,(H,14,15). The Balaban J connectivity index is 3.16. The Bertz CT molecular complexity index is 434. The molecule has 1 rings (SSSR count). The molecule has 0 aliphatic carbocycles. The minimum atomic E-state index is -1.09. The fraction of sp³-hybridized carbons (Fsp3) is 0.273. The van der Waals surface area contributed by atoms with Gasteiger partial charge < -0.3 is 25.2 Å². The summed E-state index contributed by atoms with van der Waals surface area (Å²) in [7, 11) is 2.87. The second-order valence-electron chi connectivity index (χ2n) is 3.22. The zero-order chi connectivity index (χ0) is 13.5. The second-order valence-corrected chi connectivity index (χ2v) is 3.22. The third-order valence-corrected chi connectivity index (χ3v) is 2.05. The van der Waals surface area contributed by atoms with Crippen LogP contribution < -0.4 is 20.1 Å². The molecule has 18 heavy (non-hydrogen) atoms. The maximum Gasteiger partial charge on any atom is 0.341 e. The molecule has 0 radical (unpaired) electrons. The Labute approximate surface area is 104 Å². The minimum Gasteiger partial charge on any atom is -0.493 e. The molecule has 0 saturated heterocycles. The predicted molar refractivity (Wildman–Crippen MR) is 64.5 cm³/mol. The minimum absolute atomic E-state index is 0.219. The number of benzene rings is 1. The summed E-state index contributed by atoms with van der Waals surface area (Å²) in [6.07, 6.45) is 1.41. The van der Waals surface area contributed by atoms with Crippen molar-refractivity contribution in [2.75, 3.05) is 20.8 Å². The highest BCUT2D eigenvalue weighted by Crippen LogP contribution is 2.38. The lowest BCUT2D eigenvalue weighted by Gasteiger charge is -2.14. The largest absolute Gasteiger partial charge is 0.493 e. The average molecular weight is 254 g/mol. The molecule has 0 spiro atoms. The number of carboxylic acids is 1. The molecule has 0 fully saturated rings. The van der Waals surface area contributed by atoms with Gasteiger partial charge in [0.2, 0.25) is 5.75 Å². The number of hydrogen-bond acceptors (Lipinski definition) is 6. The molecule has 0 amide bonds. The van der Waals surface area contributed by atoms with E-state index in [0.717, 1.165) is 0 Å². The van der Waals surface area contributed by atoms with Gasteiger partial charge in [0.1, 0.15) is 0 Å². The van der Waals surface area contributed by atoms with Crippen molar-refractivity contribution in [3.63, 3.8) is 0 Å². The number of hydrazone groups is 1. The first-order chi connectivity index (χ1) is 8.62. The van der Waals surface area contributed by atoms with Crippen LogP contribution in [0.15, 0.2) is 17.2 Å². The predicted octanol–water partition coefficient (Wildman–Crippen LogP) is 0.460. The van der Waals surface area contributed by atoms with E-state index < -0.39 is 12.6 Å². The molecule has 0 aromatic heterocycles. The molecule has 0 bridgehead atoms. The zero-order valence-electron chi connectivity index (χ0n) is 10.0. The SMILES string of the molecule is COc1cc(C=NN)cc(OC)c1OCC(=O)O. The topological polar surface area (TPSA) is 103 Å². The molecular weight excluding hydrogens is 240 g/mol. The monoisotopic (exact) mass is 254 g/mol. The normalized spacial score (nSPS) is 10.3. The molecule has 7 heteroatoms. The molecule has 0 aliphatic rings. The van der Waals surface area contributed by atoms with Crippen molar-refractivity contribution in [1.82, 2.24) is 0 Å². The van der Waals surface area contributed by atoms with Crippen molar-refractivity contribution in [1.29, 1.82) is 0 Å². The maximum atomic E-state index is 10.5. The third kappa shape index (κ3) is 3.27. The highest BCUT2D eigenvalue weighted by atomic mass is 16.5. The quantitative estimate of drug-likeness (QED) is 0.434. The molecule has 1 aromatic carbocycles. The van der Waals surface area contributed by atoms with E-state index in [1.807, 2.05) is 0 Å². The highest BCUT2D eigenvalue weighted by molar-refractivity contribution is 5.82. The first-order valence-corrected chi connectivity index (χ1v) is 4.96. The van der Waals surface area contributed by atoms with Crippen LogP contribution in [0.2, 0.25) is 0 Å². The molecule has 0 aliphatic heterocycles. The lowest BCUT2D eigenvalue weighted by atomic mass is 10.2. The Morgan fingerprint density at radius 2 is 1.94 bits per heavy atom. The lowest BCUT2D eigenvalue weighted by Crippen LogP contribution is -2.11. The number of nitrogens with two attached hydrogens (primary N) is 1. The first kappa shape index (κ1) is 13.6. The summed E-state index contributed by atoms with van der Waals surface area (Å²) in [5.74, 6) is 4.86. The number of aliphatic carboxylic acids is 1. The van der Waals surface area contributed by atoms with Crippen LogP contribution >= 0.6 is 0 Å². The van der Waals surface area contributed by atoms with E-state index in [1.54, 1.807) is 12.1 Å². The fourth-order valence-electron chi connectivity index (χ4n) is 1.34. The van der Waals surface area contributed by atoms with Gasteiger partial charge in [0.25, 0.3) is 0 Å². The number of hydrogen-bond donors (Lipinski definition) is 2. The first-order valence-electron chi connectivity index (χ1n) is 4.96. The number of nitrogens with zero attached hydrogens (tertiary/aromatic N) is 1. The van der Waals surface area contributed by atoms with E-state index in [2.05, 4.69) is 5.10 Å². The summed E-state index contributed by atoms with van der Waals surface area (Å²) in [6.45, 7) is -0.489. The van der Waals surface area contributed by atoms with Gasteiger partial charge in [0.15, 0.2) is 18.1 Å². The van der Waals surface area contributed by atoms with Crippen LogP contribution in [0.1, 0.15) is 5.56 Å². The Morgan fingerprint density at radius 3 is 2.33 bits per heavy atom. The van der Waals surface area contributed by atoms with Gasteiger partial charge in [0.05, 0.1) is 20.4 Å². The lowest BCUT2D eigenvalue weighted by molar-refractivity contribution is -0.139. The van der Waals surface area contributed by atoms with Crippen LogP contribution in [0.3, 0.4) is 0 Å². The maximum absolute atomic E-state index is 10.5. The summed E-state index contributed by atoms with van der Waals surface area (Å²) < 4.78 is 15.3. The van der Waals surface area contributed by atoms with Crippen molar-refractivity contribution in [2.45, 2.75) is 0 Å². The van der Waals surface area contributed by atoms with Crippen LogP contribution in [0, 0.1) is 0 Å². The van der Waals surface area contributed by atoms with E-state index in [4.69, 9.17) is 25.2 Å². The molecule has 3 N–H and O–H groups in total.